The lowest BCUT2D eigenvalue weighted by Crippen LogP contribution is -2.17. The van der Waals surface area contributed by atoms with Crippen molar-refractivity contribution >= 4 is 39.6 Å². The van der Waals surface area contributed by atoms with Gasteiger partial charge >= 0.3 is 5.97 Å². The normalized spacial score (nSPS) is 15.6. The molecule has 1 aliphatic rings. The molecule has 2 aromatic heterocycles. The van der Waals surface area contributed by atoms with Crippen LogP contribution >= 0.6 is 22.7 Å². The number of hydrogen-bond acceptors (Lipinski definition) is 5. The Bertz CT molecular complexity index is 1040. The number of rotatable bonds is 5. The SMILES string of the molecule is CCOC(=O)c1c(-c2ccccc2)csc1NC(=O)c1csc2c1CCC(C)C2. The lowest BCUT2D eigenvalue weighted by molar-refractivity contribution is 0.0529. The fourth-order valence-corrected chi connectivity index (χ4v) is 5.92. The maximum Gasteiger partial charge on any atom is 0.341 e. The van der Waals surface area contributed by atoms with Gasteiger partial charge in [-0.15, -0.1) is 22.7 Å². The number of carbonyl (C=O) groups is 2. The topological polar surface area (TPSA) is 55.4 Å². The van der Waals surface area contributed by atoms with Crippen molar-refractivity contribution in [2.75, 3.05) is 11.9 Å². The maximum atomic E-state index is 13.1. The third-order valence-corrected chi connectivity index (χ3v) is 7.18. The highest BCUT2D eigenvalue weighted by Crippen LogP contribution is 2.38. The van der Waals surface area contributed by atoms with Crippen molar-refractivity contribution in [3.63, 3.8) is 0 Å². The molecule has 4 rings (SSSR count). The van der Waals surface area contributed by atoms with Gasteiger partial charge in [0.05, 0.1) is 12.2 Å². The monoisotopic (exact) mass is 425 g/mol. The van der Waals surface area contributed by atoms with Crippen LogP contribution in [0, 0.1) is 5.92 Å². The van der Waals surface area contributed by atoms with Crippen LogP contribution in [-0.4, -0.2) is 18.5 Å². The average molecular weight is 426 g/mol. The summed E-state index contributed by atoms with van der Waals surface area (Å²) in [7, 11) is 0. The number of carbonyl (C=O) groups excluding carboxylic acids is 2. The molecule has 29 heavy (non-hydrogen) atoms. The van der Waals surface area contributed by atoms with E-state index in [9.17, 15) is 9.59 Å². The summed E-state index contributed by atoms with van der Waals surface area (Å²) < 4.78 is 5.28. The van der Waals surface area contributed by atoms with Crippen LogP contribution in [0.3, 0.4) is 0 Å². The molecule has 2 heterocycles. The maximum absolute atomic E-state index is 13.1. The molecule has 0 radical (unpaired) electrons. The van der Waals surface area contributed by atoms with Crippen molar-refractivity contribution in [3.05, 3.63) is 62.7 Å². The van der Waals surface area contributed by atoms with Gasteiger partial charge in [-0.2, -0.15) is 0 Å². The molecule has 0 fully saturated rings. The van der Waals surface area contributed by atoms with Crippen molar-refractivity contribution in [1.29, 1.82) is 0 Å². The third kappa shape index (κ3) is 4.00. The number of benzene rings is 1. The summed E-state index contributed by atoms with van der Waals surface area (Å²) in [6.45, 7) is 4.32. The van der Waals surface area contributed by atoms with Gasteiger partial charge in [-0.3, -0.25) is 4.79 Å². The number of anilines is 1. The van der Waals surface area contributed by atoms with E-state index in [0.29, 0.717) is 16.5 Å². The summed E-state index contributed by atoms with van der Waals surface area (Å²) in [5.74, 6) is 0.103. The van der Waals surface area contributed by atoms with E-state index in [1.807, 2.05) is 41.1 Å². The number of thiophene rings is 2. The summed E-state index contributed by atoms with van der Waals surface area (Å²) in [5.41, 5.74) is 4.04. The second-order valence-corrected chi connectivity index (χ2v) is 9.14. The van der Waals surface area contributed by atoms with E-state index in [-0.39, 0.29) is 12.5 Å². The van der Waals surface area contributed by atoms with Gasteiger partial charge in [-0.1, -0.05) is 37.3 Å². The molecule has 1 aromatic carbocycles. The Kier molecular flexibility index (Phi) is 5.83. The average Bonchev–Trinajstić information content (AvgIpc) is 3.32. The molecule has 0 aliphatic heterocycles. The summed E-state index contributed by atoms with van der Waals surface area (Å²) in [4.78, 5) is 27.1. The van der Waals surface area contributed by atoms with Gasteiger partial charge in [0, 0.05) is 21.2 Å². The van der Waals surface area contributed by atoms with E-state index in [1.54, 1.807) is 18.3 Å². The van der Waals surface area contributed by atoms with E-state index in [0.717, 1.165) is 36.0 Å². The molecular formula is C23H23NO3S2. The highest BCUT2D eigenvalue weighted by molar-refractivity contribution is 7.15. The molecule has 0 spiro atoms. The fourth-order valence-electron chi connectivity index (χ4n) is 3.72. The fraction of sp³-hybridized carbons (Fsp3) is 0.304. The first-order valence-corrected chi connectivity index (χ1v) is 11.6. The van der Waals surface area contributed by atoms with Crippen LogP contribution in [0.15, 0.2) is 41.1 Å². The standard InChI is InChI=1S/C23H23NO3S2/c1-3-27-23(26)20-17(15-7-5-4-6-8-15)12-29-22(20)24-21(25)18-13-28-19-11-14(2)9-10-16(18)19/h4-8,12-14H,3,9-11H2,1-2H3,(H,24,25). The Morgan fingerprint density at radius 1 is 1.17 bits per heavy atom. The second kappa shape index (κ2) is 8.51. The molecule has 6 heteroatoms. The van der Waals surface area contributed by atoms with Crippen LogP contribution < -0.4 is 5.32 Å². The number of nitrogens with one attached hydrogen (secondary N) is 1. The Balaban J connectivity index is 1.66. The van der Waals surface area contributed by atoms with Crippen molar-refractivity contribution < 1.29 is 14.3 Å². The second-order valence-electron chi connectivity index (χ2n) is 7.29. The quantitative estimate of drug-likeness (QED) is 0.508. The first-order valence-electron chi connectivity index (χ1n) is 9.83. The van der Waals surface area contributed by atoms with Crippen LogP contribution in [0.4, 0.5) is 5.00 Å². The van der Waals surface area contributed by atoms with Gasteiger partial charge in [0.25, 0.3) is 5.91 Å². The lowest BCUT2D eigenvalue weighted by Gasteiger charge is -2.18. The number of esters is 1. The molecule has 1 aliphatic carbocycles. The Morgan fingerprint density at radius 2 is 1.97 bits per heavy atom. The first-order chi connectivity index (χ1) is 14.1. The van der Waals surface area contributed by atoms with Crippen LogP contribution in [0.2, 0.25) is 0 Å². The largest absolute Gasteiger partial charge is 0.462 e. The number of fused-ring (bicyclic) bond motifs is 1. The predicted octanol–water partition coefficient (Wildman–Crippen LogP) is 6.03. The molecular weight excluding hydrogens is 402 g/mol. The van der Waals surface area contributed by atoms with E-state index < -0.39 is 5.97 Å². The Morgan fingerprint density at radius 3 is 2.72 bits per heavy atom. The van der Waals surface area contributed by atoms with Crippen molar-refractivity contribution in [1.82, 2.24) is 0 Å². The highest BCUT2D eigenvalue weighted by atomic mass is 32.1. The summed E-state index contributed by atoms with van der Waals surface area (Å²) in [6.07, 6.45) is 3.08. The van der Waals surface area contributed by atoms with E-state index in [4.69, 9.17) is 4.74 Å². The molecule has 1 amide bonds. The summed E-state index contributed by atoms with van der Waals surface area (Å²) in [5, 5.41) is 7.38. The zero-order chi connectivity index (χ0) is 20.4. The van der Waals surface area contributed by atoms with E-state index in [2.05, 4.69) is 12.2 Å². The Hall–Kier alpha value is -2.44. The van der Waals surface area contributed by atoms with Gasteiger partial charge in [-0.05, 0) is 43.2 Å². The van der Waals surface area contributed by atoms with Gasteiger partial charge in [0.1, 0.15) is 10.6 Å². The molecule has 1 N–H and O–H groups in total. The smallest absolute Gasteiger partial charge is 0.341 e. The van der Waals surface area contributed by atoms with Gasteiger partial charge in [-0.25, -0.2) is 4.79 Å². The molecule has 4 nitrogen and oxygen atoms in total. The van der Waals surface area contributed by atoms with E-state index >= 15 is 0 Å². The predicted molar refractivity (Wildman–Crippen MR) is 119 cm³/mol. The molecule has 0 saturated carbocycles. The molecule has 1 atom stereocenters. The molecule has 150 valence electrons. The molecule has 1 unspecified atom stereocenters. The molecule has 3 aromatic rings. The Labute approximate surface area is 178 Å². The summed E-state index contributed by atoms with van der Waals surface area (Å²) >= 11 is 3.03. The van der Waals surface area contributed by atoms with Gasteiger partial charge in [0.2, 0.25) is 0 Å². The first kappa shape index (κ1) is 19.9. The number of ether oxygens (including phenoxy) is 1. The zero-order valence-corrected chi connectivity index (χ0v) is 18.1. The van der Waals surface area contributed by atoms with Crippen LogP contribution in [0.25, 0.3) is 11.1 Å². The molecule has 0 saturated heterocycles. The molecule has 0 bridgehead atoms. The third-order valence-electron chi connectivity index (χ3n) is 5.23. The van der Waals surface area contributed by atoms with Crippen molar-refractivity contribution in [3.8, 4) is 11.1 Å². The minimum atomic E-state index is -0.413. The minimum Gasteiger partial charge on any atom is -0.462 e. The van der Waals surface area contributed by atoms with Crippen molar-refractivity contribution in [2.24, 2.45) is 5.92 Å². The van der Waals surface area contributed by atoms with Crippen LogP contribution in [0.1, 0.15) is 51.4 Å². The number of amides is 1. The van der Waals surface area contributed by atoms with Crippen LogP contribution in [-0.2, 0) is 17.6 Å². The van der Waals surface area contributed by atoms with Crippen molar-refractivity contribution in [2.45, 2.75) is 33.1 Å². The minimum absolute atomic E-state index is 0.149. The zero-order valence-electron chi connectivity index (χ0n) is 16.5. The highest BCUT2D eigenvalue weighted by Gasteiger charge is 2.26. The lowest BCUT2D eigenvalue weighted by atomic mass is 9.88. The summed E-state index contributed by atoms with van der Waals surface area (Å²) in [6, 6.07) is 9.69. The van der Waals surface area contributed by atoms with E-state index in [1.165, 1.54) is 21.8 Å². The number of hydrogen-bond donors (Lipinski definition) is 1. The van der Waals surface area contributed by atoms with Gasteiger partial charge < -0.3 is 10.1 Å². The van der Waals surface area contributed by atoms with Crippen LogP contribution in [0.5, 0.6) is 0 Å². The van der Waals surface area contributed by atoms with Gasteiger partial charge in [0.15, 0.2) is 0 Å².